The van der Waals surface area contributed by atoms with Gasteiger partial charge in [0.2, 0.25) is 5.91 Å². The van der Waals surface area contributed by atoms with E-state index >= 15 is 0 Å². The number of nitrogens with zero attached hydrogens (tertiary/aromatic N) is 1. The third kappa shape index (κ3) is 2.51. The van der Waals surface area contributed by atoms with Crippen molar-refractivity contribution in [2.24, 2.45) is 0 Å². The molecular formula is C13H16N2O3. The van der Waals surface area contributed by atoms with Crippen LogP contribution in [0.15, 0.2) is 18.2 Å². The van der Waals surface area contributed by atoms with Crippen molar-refractivity contribution in [1.29, 1.82) is 0 Å². The molecule has 2 rings (SSSR count). The molecule has 18 heavy (non-hydrogen) atoms. The van der Waals surface area contributed by atoms with Gasteiger partial charge in [0.1, 0.15) is 0 Å². The van der Waals surface area contributed by atoms with Crippen LogP contribution in [0.25, 0.3) is 0 Å². The van der Waals surface area contributed by atoms with Gasteiger partial charge in [-0.15, -0.1) is 0 Å². The fraction of sp³-hybridized carbons (Fsp3) is 0.385. The molecule has 0 saturated heterocycles. The van der Waals surface area contributed by atoms with E-state index in [1.165, 1.54) is 0 Å². The Morgan fingerprint density at radius 3 is 3.00 bits per heavy atom. The maximum atomic E-state index is 12.1. The second-order valence-corrected chi connectivity index (χ2v) is 4.32. The third-order valence-corrected chi connectivity index (χ3v) is 2.96. The Hall–Kier alpha value is -1.88. The molecule has 1 aromatic rings. The fourth-order valence-electron chi connectivity index (χ4n) is 1.90. The Bertz CT molecular complexity index is 485. The highest BCUT2D eigenvalue weighted by molar-refractivity contribution is 6.02. The summed E-state index contributed by atoms with van der Waals surface area (Å²) in [6.45, 7) is 1.04. The summed E-state index contributed by atoms with van der Waals surface area (Å²) in [4.78, 5) is 24.9. The lowest BCUT2D eigenvalue weighted by atomic mass is 10.1. The van der Waals surface area contributed by atoms with E-state index in [4.69, 9.17) is 4.74 Å². The first kappa shape index (κ1) is 12.6. The largest absolute Gasteiger partial charge is 0.383 e. The van der Waals surface area contributed by atoms with Gasteiger partial charge in [-0.1, -0.05) is 6.07 Å². The third-order valence-electron chi connectivity index (χ3n) is 2.96. The SMILES string of the molecule is COCCN(C)C(=O)c1ccc2c(c1)NC(=O)C2. The number of methoxy groups -OCH3 is 1. The molecular weight excluding hydrogens is 232 g/mol. The number of hydrogen-bond donors (Lipinski definition) is 1. The van der Waals surface area contributed by atoms with Gasteiger partial charge in [-0.25, -0.2) is 0 Å². The molecule has 1 N–H and O–H groups in total. The van der Waals surface area contributed by atoms with Crippen LogP contribution in [0.2, 0.25) is 0 Å². The Morgan fingerprint density at radius 2 is 2.28 bits per heavy atom. The number of fused-ring (bicyclic) bond motifs is 1. The predicted octanol–water partition coefficient (Wildman–Crippen LogP) is 0.900. The van der Waals surface area contributed by atoms with Gasteiger partial charge in [0.15, 0.2) is 0 Å². The molecule has 0 unspecified atom stereocenters. The first-order valence-electron chi connectivity index (χ1n) is 5.79. The average molecular weight is 248 g/mol. The molecule has 0 spiro atoms. The van der Waals surface area contributed by atoms with Crippen molar-refractivity contribution in [3.8, 4) is 0 Å². The maximum absolute atomic E-state index is 12.1. The molecule has 0 aromatic heterocycles. The van der Waals surface area contributed by atoms with Crippen molar-refractivity contribution in [2.45, 2.75) is 6.42 Å². The van der Waals surface area contributed by atoms with E-state index in [2.05, 4.69) is 5.32 Å². The van der Waals surface area contributed by atoms with E-state index in [1.807, 2.05) is 6.07 Å². The van der Waals surface area contributed by atoms with Gasteiger partial charge in [0, 0.05) is 32.0 Å². The van der Waals surface area contributed by atoms with Crippen LogP contribution in [-0.2, 0) is 16.0 Å². The van der Waals surface area contributed by atoms with Crippen molar-refractivity contribution in [3.63, 3.8) is 0 Å². The first-order valence-corrected chi connectivity index (χ1v) is 5.79. The number of nitrogens with one attached hydrogen (secondary N) is 1. The minimum Gasteiger partial charge on any atom is -0.383 e. The standard InChI is InChI=1S/C13H16N2O3/c1-15(5-6-18-2)13(17)10-4-3-9-8-12(16)14-11(9)7-10/h3-4,7H,5-6,8H2,1-2H3,(H,14,16). The normalized spacial score (nSPS) is 13.1. The van der Waals surface area contributed by atoms with Crippen LogP contribution in [0.5, 0.6) is 0 Å². The predicted molar refractivity (Wildman–Crippen MR) is 67.6 cm³/mol. The molecule has 0 fully saturated rings. The summed E-state index contributed by atoms with van der Waals surface area (Å²) in [7, 11) is 3.33. The monoisotopic (exact) mass is 248 g/mol. The summed E-state index contributed by atoms with van der Waals surface area (Å²) in [5, 5.41) is 2.74. The number of likely N-dealkylation sites (N-methyl/N-ethyl adjacent to an activating group) is 1. The van der Waals surface area contributed by atoms with Gasteiger partial charge in [-0.2, -0.15) is 0 Å². The van der Waals surface area contributed by atoms with Crippen LogP contribution in [-0.4, -0.2) is 44.0 Å². The van der Waals surface area contributed by atoms with E-state index in [1.54, 1.807) is 31.2 Å². The molecule has 1 aliphatic rings. The van der Waals surface area contributed by atoms with Gasteiger partial charge in [-0.3, -0.25) is 9.59 Å². The van der Waals surface area contributed by atoms with Crippen molar-refractivity contribution in [2.75, 3.05) is 32.6 Å². The number of carbonyl (C=O) groups is 2. The molecule has 1 aromatic carbocycles. The maximum Gasteiger partial charge on any atom is 0.253 e. The summed E-state index contributed by atoms with van der Waals surface area (Å²) in [6.07, 6.45) is 0.392. The van der Waals surface area contributed by atoms with Crippen molar-refractivity contribution < 1.29 is 14.3 Å². The Labute approximate surface area is 106 Å². The molecule has 2 amide bonds. The molecule has 0 aliphatic carbocycles. The van der Waals surface area contributed by atoms with Gasteiger partial charge in [0.25, 0.3) is 5.91 Å². The fourth-order valence-corrected chi connectivity index (χ4v) is 1.90. The summed E-state index contributed by atoms with van der Waals surface area (Å²) < 4.78 is 4.94. The average Bonchev–Trinajstić information content (AvgIpc) is 2.73. The zero-order valence-corrected chi connectivity index (χ0v) is 10.5. The minimum absolute atomic E-state index is 0.0256. The van der Waals surface area contributed by atoms with E-state index in [-0.39, 0.29) is 11.8 Å². The minimum atomic E-state index is -0.0731. The van der Waals surface area contributed by atoms with Gasteiger partial charge >= 0.3 is 0 Å². The van der Waals surface area contributed by atoms with E-state index < -0.39 is 0 Å². The number of benzene rings is 1. The van der Waals surface area contributed by atoms with E-state index in [0.717, 1.165) is 11.3 Å². The van der Waals surface area contributed by atoms with Gasteiger partial charge in [-0.05, 0) is 17.7 Å². The summed E-state index contributed by atoms with van der Waals surface area (Å²) in [5.41, 5.74) is 2.26. The van der Waals surface area contributed by atoms with E-state index in [0.29, 0.717) is 25.1 Å². The van der Waals surface area contributed by atoms with Crippen LogP contribution in [0.1, 0.15) is 15.9 Å². The molecule has 0 radical (unpaired) electrons. The molecule has 1 heterocycles. The zero-order chi connectivity index (χ0) is 13.1. The number of anilines is 1. The Balaban J connectivity index is 2.12. The van der Waals surface area contributed by atoms with Crippen molar-refractivity contribution in [1.82, 2.24) is 4.90 Å². The molecule has 0 atom stereocenters. The summed E-state index contributed by atoms with van der Waals surface area (Å²) >= 11 is 0. The van der Waals surface area contributed by atoms with Gasteiger partial charge < -0.3 is 15.0 Å². The van der Waals surface area contributed by atoms with Gasteiger partial charge in [0.05, 0.1) is 13.0 Å². The topological polar surface area (TPSA) is 58.6 Å². The molecule has 0 saturated carbocycles. The van der Waals surface area contributed by atoms with Crippen LogP contribution in [0.4, 0.5) is 5.69 Å². The van der Waals surface area contributed by atoms with Crippen LogP contribution in [0, 0.1) is 0 Å². The number of amides is 2. The highest BCUT2D eigenvalue weighted by Crippen LogP contribution is 2.24. The first-order chi connectivity index (χ1) is 8.61. The number of carbonyl (C=O) groups excluding carboxylic acids is 2. The number of ether oxygens (including phenoxy) is 1. The summed E-state index contributed by atoms with van der Waals surface area (Å²) in [5.74, 6) is -0.0988. The molecule has 96 valence electrons. The Kier molecular flexibility index (Phi) is 3.62. The molecule has 1 aliphatic heterocycles. The lowest BCUT2D eigenvalue weighted by Crippen LogP contribution is -2.29. The highest BCUT2D eigenvalue weighted by atomic mass is 16.5. The lowest BCUT2D eigenvalue weighted by Gasteiger charge is -2.17. The van der Waals surface area contributed by atoms with Crippen LogP contribution >= 0.6 is 0 Å². The second-order valence-electron chi connectivity index (χ2n) is 4.32. The van der Waals surface area contributed by atoms with E-state index in [9.17, 15) is 9.59 Å². The molecule has 0 bridgehead atoms. The number of rotatable bonds is 4. The number of hydrogen-bond acceptors (Lipinski definition) is 3. The quantitative estimate of drug-likeness (QED) is 0.861. The Morgan fingerprint density at radius 1 is 1.50 bits per heavy atom. The van der Waals surface area contributed by atoms with Crippen molar-refractivity contribution in [3.05, 3.63) is 29.3 Å². The smallest absolute Gasteiger partial charge is 0.253 e. The zero-order valence-electron chi connectivity index (χ0n) is 10.5. The highest BCUT2D eigenvalue weighted by Gasteiger charge is 2.20. The summed E-state index contributed by atoms with van der Waals surface area (Å²) in [6, 6.07) is 5.31. The van der Waals surface area contributed by atoms with Crippen LogP contribution in [0.3, 0.4) is 0 Å². The lowest BCUT2D eigenvalue weighted by molar-refractivity contribution is -0.115. The molecule has 5 nitrogen and oxygen atoms in total. The molecule has 5 heteroatoms. The second kappa shape index (κ2) is 5.18. The van der Waals surface area contributed by atoms with Crippen molar-refractivity contribution >= 4 is 17.5 Å². The van der Waals surface area contributed by atoms with Crippen LogP contribution < -0.4 is 5.32 Å².